The Labute approximate surface area is 183 Å². The van der Waals surface area contributed by atoms with Crippen LogP contribution >= 0.6 is 23.5 Å². The van der Waals surface area contributed by atoms with Gasteiger partial charge in [0.1, 0.15) is 43.0 Å². The van der Waals surface area contributed by atoms with Crippen LogP contribution in [0.15, 0.2) is 18.6 Å². The van der Waals surface area contributed by atoms with Gasteiger partial charge in [-0.3, -0.25) is 8.92 Å². The molecule has 18 nitrogen and oxygen atoms in total. The van der Waals surface area contributed by atoms with E-state index in [1.165, 1.54) is 22.7 Å². The van der Waals surface area contributed by atoms with Crippen LogP contribution in [0.4, 0.5) is 5.95 Å². The first-order valence-electron chi connectivity index (χ1n) is 8.40. The number of ether oxygens (including phenoxy) is 1. The minimum absolute atomic E-state index is 0.0264. The van der Waals surface area contributed by atoms with Gasteiger partial charge < -0.3 is 40.3 Å². The summed E-state index contributed by atoms with van der Waals surface area (Å²) < 4.78 is 52.2. The molecule has 2 aromatic rings. The van der Waals surface area contributed by atoms with Crippen molar-refractivity contribution in [2.45, 2.75) is 23.9 Å². The highest BCUT2D eigenvalue weighted by Crippen LogP contribution is 2.66. The zero-order valence-corrected chi connectivity index (χ0v) is 18.6. The average molecular weight is 531 g/mol. The van der Waals surface area contributed by atoms with Crippen molar-refractivity contribution in [1.82, 2.24) is 14.4 Å². The highest BCUT2D eigenvalue weighted by molar-refractivity contribution is 7.66. The van der Waals surface area contributed by atoms with Crippen molar-refractivity contribution >= 4 is 35.1 Å². The molecule has 2 unspecified atom stereocenters. The molecule has 0 saturated carbocycles. The molecule has 0 aromatic carbocycles. The molecule has 0 amide bonds. The lowest BCUT2D eigenvalue weighted by Gasteiger charge is -2.25. The predicted octanol–water partition coefficient (Wildman–Crippen LogP) is -1.29. The molecule has 33 heavy (non-hydrogen) atoms. The number of nitrogen functional groups attached to an aromatic ring is 1. The van der Waals surface area contributed by atoms with E-state index in [4.69, 9.17) is 20.3 Å². The number of fused-ring (bicyclic) bond motifs is 1. The fourth-order valence-electron chi connectivity index (χ4n) is 2.92. The maximum atomic E-state index is 11.9. The van der Waals surface area contributed by atoms with E-state index in [2.05, 4.69) is 23.1 Å². The Bertz CT molecular complexity index is 1240. The number of nitrogens with zero attached hydrogens (tertiary/aromatic N) is 4. The summed E-state index contributed by atoms with van der Waals surface area (Å²) in [6.07, 6.45) is -2.66. The SMILES string of the molecule is N#C[C@]1(COP(=O)(O)OP(=O)(O)OP(=O)(O)O)O[C@@H](c2cc3ncnc(N)n3c2)[C@H](O)[C@@H]1O. The van der Waals surface area contributed by atoms with Crippen LogP contribution in [0.25, 0.3) is 5.65 Å². The third kappa shape index (κ3) is 5.65. The van der Waals surface area contributed by atoms with Gasteiger partial charge in [-0.1, -0.05) is 0 Å². The Morgan fingerprint density at radius 2 is 1.85 bits per heavy atom. The van der Waals surface area contributed by atoms with Gasteiger partial charge in [-0.2, -0.15) is 13.9 Å². The lowest BCUT2D eigenvalue weighted by atomic mass is 9.96. The number of phosphoric acid groups is 3. The average Bonchev–Trinajstić information content (AvgIpc) is 3.19. The van der Waals surface area contributed by atoms with Crippen LogP contribution in [0, 0.1) is 11.3 Å². The fraction of sp³-hybridized carbons (Fsp3) is 0.417. The molecule has 1 fully saturated rings. The van der Waals surface area contributed by atoms with Gasteiger partial charge in [0.25, 0.3) is 0 Å². The van der Waals surface area contributed by atoms with E-state index in [-0.39, 0.29) is 17.2 Å². The first kappa shape index (κ1) is 25.8. The summed E-state index contributed by atoms with van der Waals surface area (Å²) in [4.78, 5) is 43.5. The van der Waals surface area contributed by atoms with Crippen LogP contribution in [-0.2, 0) is 31.6 Å². The fourth-order valence-corrected chi connectivity index (χ4v) is 5.97. The Hall–Kier alpha value is -1.80. The highest BCUT2D eigenvalue weighted by Gasteiger charge is 2.57. The molecule has 0 spiro atoms. The van der Waals surface area contributed by atoms with Crippen LogP contribution in [0.2, 0.25) is 0 Å². The van der Waals surface area contributed by atoms with Gasteiger partial charge in [-0.25, -0.2) is 23.7 Å². The van der Waals surface area contributed by atoms with Crippen molar-refractivity contribution in [2.75, 3.05) is 12.3 Å². The number of anilines is 1. The zero-order chi connectivity index (χ0) is 24.8. The second-order valence-electron chi connectivity index (χ2n) is 6.57. The van der Waals surface area contributed by atoms with E-state index < -0.39 is 54.0 Å². The smallest absolute Gasteiger partial charge is 0.387 e. The van der Waals surface area contributed by atoms with Gasteiger partial charge in [0.05, 0.1) is 0 Å². The molecular weight excluding hydrogens is 515 g/mol. The summed E-state index contributed by atoms with van der Waals surface area (Å²) in [5.41, 5.74) is 3.69. The summed E-state index contributed by atoms with van der Waals surface area (Å²) in [5.74, 6) is 0.0264. The van der Waals surface area contributed by atoms with E-state index in [0.29, 0.717) is 0 Å². The maximum Gasteiger partial charge on any atom is 0.490 e. The zero-order valence-electron chi connectivity index (χ0n) is 15.9. The molecule has 6 atom stereocenters. The highest BCUT2D eigenvalue weighted by atomic mass is 31.3. The first-order valence-corrected chi connectivity index (χ1v) is 12.9. The molecule has 8 N–H and O–H groups in total. The number of aromatic nitrogens is 3. The van der Waals surface area contributed by atoms with Crippen LogP contribution < -0.4 is 5.73 Å². The lowest BCUT2D eigenvalue weighted by Crippen LogP contribution is -2.45. The normalized spacial score (nSPS) is 29.4. The molecule has 182 valence electrons. The molecule has 1 aliphatic heterocycles. The molecule has 21 heteroatoms. The maximum absolute atomic E-state index is 11.9. The summed E-state index contributed by atoms with van der Waals surface area (Å²) >= 11 is 0. The van der Waals surface area contributed by atoms with E-state index in [9.17, 15) is 39.0 Å². The lowest BCUT2D eigenvalue weighted by molar-refractivity contribution is -0.0718. The molecular formula is C12H16N5O13P3. The number of hydrogen-bond acceptors (Lipinski definition) is 13. The van der Waals surface area contributed by atoms with E-state index >= 15 is 0 Å². The molecule has 1 saturated heterocycles. The Kier molecular flexibility index (Phi) is 6.86. The van der Waals surface area contributed by atoms with Gasteiger partial charge in [0.15, 0.2) is 0 Å². The van der Waals surface area contributed by atoms with Crippen molar-refractivity contribution in [3.63, 3.8) is 0 Å². The minimum Gasteiger partial charge on any atom is -0.387 e. The largest absolute Gasteiger partial charge is 0.490 e. The van der Waals surface area contributed by atoms with E-state index in [1.807, 2.05) is 0 Å². The summed E-state index contributed by atoms with van der Waals surface area (Å²) in [7, 11) is -17.0. The minimum atomic E-state index is -5.80. The van der Waals surface area contributed by atoms with Gasteiger partial charge >= 0.3 is 23.5 Å². The Balaban J connectivity index is 1.79. The van der Waals surface area contributed by atoms with E-state index in [1.54, 1.807) is 0 Å². The van der Waals surface area contributed by atoms with Gasteiger partial charge in [-0.15, -0.1) is 0 Å². The van der Waals surface area contributed by atoms with Crippen LogP contribution in [-0.4, -0.2) is 68.6 Å². The number of aliphatic hydroxyl groups excluding tert-OH is 2. The van der Waals surface area contributed by atoms with Crippen molar-refractivity contribution in [2.24, 2.45) is 0 Å². The number of nitriles is 1. The van der Waals surface area contributed by atoms with Crippen LogP contribution in [0.3, 0.4) is 0 Å². The number of hydrogen-bond donors (Lipinski definition) is 7. The quantitative estimate of drug-likeness (QED) is 0.195. The van der Waals surface area contributed by atoms with Crippen molar-refractivity contribution in [3.05, 3.63) is 24.2 Å². The third-order valence-electron chi connectivity index (χ3n) is 4.27. The van der Waals surface area contributed by atoms with Gasteiger partial charge in [-0.05, 0) is 6.07 Å². The topological polar surface area (TPSA) is 290 Å². The number of nitrogens with two attached hydrogens (primary N) is 1. The van der Waals surface area contributed by atoms with Crippen molar-refractivity contribution in [3.8, 4) is 6.07 Å². The molecule has 3 rings (SSSR count). The summed E-state index contributed by atoms with van der Waals surface area (Å²) in [6, 6.07) is 2.88. The van der Waals surface area contributed by atoms with Crippen LogP contribution in [0.5, 0.6) is 0 Å². The van der Waals surface area contributed by atoms with Crippen LogP contribution in [0.1, 0.15) is 11.7 Å². The second kappa shape index (κ2) is 8.77. The third-order valence-corrected chi connectivity index (χ3v) is 8.05. The van der Waals surface area contributed by atoms with E-state index in [0.717, 1.165) is 6.33 Å². The molecule has 2 aromatic heterocycles. The summed E-state index contributed by atoms with van der Waals surface area (Å²) in [5, 5.41) is 30.3. The molecule has 1 aliphatic rings. The Morgan fingerprint density at radius 1 is 1.18 bits per heavy atom. The molecule has 0 bridgehead atoms. The monoisotopic (exact) mass is 531 g/mol. The summed E-state index contributed by atoms with van der Waals surface area (Å²) in [6.45, 7) is -1.29. The second-order valence-corrected chi connectivity index (χ2v) is 11.0. The number of aliphatic hydroxyl groups is 2. The number of rotatable bonds is 8. The number of phosphoric ester groups is 1. The molecule has 0 radical (unpaired) electrons. The van der Waals surface area contributed by atoms with Crippen molar-refractivity contribution < 1.29 is 61.4 Å². The molecule has 3 heterocycles. The standard InChI is InChI=1S/C12H16N5O13P3/c13-3-12(4-27-32(23,24)30-33(25,26)29-31(20,21)22)10(19)8(18)9(28-12)6-1-7-15-5-16-11(14)17(7)2-6/h1-2,5,8-10,18-19H,4H2,(H,23,24)(H,25,26)(H2,14,15,16)(H2,20,21,22)/t8-,9-,10-,12+/m0/s1. The van der Waals surface area contributed by atoms with Gasteiger partial charge in [0.2, 0.25) is 11.5 Å². The van der Waals surface area contributed by atoms with Gasteiger partial charge in [0, 0.05) is 11.8 Å². The molecule has 0 aliphatic carbocycles. The Morgan fingerprint density at radius 3 is 2.42 bits per heavy atom. The van der Waals surface area contributed by atoms with Crippen molar-refractivity contribution in [1.29, 1.82) is 5.26 Å². The first-order chi connectivity index (χ1) is 15.1. The predicted molar refractivity (Wildman–Crippen MR) is 101 cm³/mol.